The monoisotopic (exact) mass is 432 g/mol. The third-order valence-electron chi connectivity index (χ3n) is 2.71. The molecule has 1 aromatic carbocycles. The summed E-state index contributed by atoms with van der Waals surface area (Å²) in [6.07, 6.45) is 1.66. The van der Waals surface area contributed by atoms with Crippen molar-refractivity contribution >= 4 is 50.6 Å². The first-order valence-corrected chi connectivity index (χ1v) is 8.62. The summed E-state index contributed by atoms with van der Waals surface area (Å²) in [5.41, 5.74) is 0.653. The van der Waals surface area contributed by atoms with Crippen molar-refractivity contribution in [1.29, 1.82) is 4.78 Å². The van der Waals surface area contributed by atoms with Gasteiger partial charge in [-0.2, -0.15) is 15.6 Å². The van der Waals surface area contributed by atoms with E-state index in [1.165, 1.54) is 0 Å². The molecule has 0 spiro atoms. The summed E-state index contributed by atoms with van der Waals surface area (Å²) in [6.45, 7) is 1.85. The number of aliphatic hydroxyl groups excluding tert-OH is 1. The van der Waals surface area contributed by atoms with Crippen molar-refractivity contribution in [2.24, 2.45) is 0 Å². The Morgan fingerprint density at radius 3 is 2.95 bits per heavy atom. The predicted octanol–water partition coefficient (Wildman–Crippen LogP) is 2.70. The number of nitrogens with zero attached hydrogens (tertiary/aromatic N) is 2. The van der Waals surface area contributed by atoms with Gasteiger partial charge in [0.25, 0.3) is 0 Å². The smallest absolute Gasteiger partial charge is 0.229 e. The van der Waals surface area contributed by atoms with E-state index in [2.05, 4.69) is 43.2 Å². The van der Waals surface area contributed by atoms with E-state index in [4.69, 9.17) is 9.89 Å². The van der Waals surface area contributed by atoms with Gasteiger partial charge in [-0.05, 0) is 35.6 Å². The summed E-state index contributed by atoms with van der Waals surface area (Å²) < 4.78 is 19.3. The molecule has 1 atom stereocenters. The normalized spacial score (nSPS) is 12.2. The molecule has 0 aliphatic carbocycles. The number of halogens is 1. The van der Waals surface area contributed by atoms with Crippen LogP contribution in [-0.4, -0.2) is 27.7 Å². The number of aromatic nitrogens is 2. The second kappa shape index (κ2) is 7.70. The number of nitrogens with one attached hydrogen (secondary N) is 3. The Balaban J connectivity index is 2.23. The maximum atomic E-state index is 11.2. The third-order valence-corrected chi connectivity index (χ3v) is 4.18. The van der Waals surface area contributed by atoms with Gasteiger partial charge in [-0.1, -0.05) is 23.1 Å². The van der Waals surface area contributed by atoms with Gasteiger partial charge in [0.15, 0.2) is 0 Å². The quantitative estimate of drug-likeness (QED) is 0.413. The van der Waals surface area contributed by atoms with Crippen LogP contribution in [0.3, 0.4) is 0 Å². The van der Waals surface area contributed by atoms with E-state index in [9.17, 15) is 4.21 Å². The molecule has 2 aromatic rings. The fraction of sp³-hybridized carbons (Fsp3) is 0.231. The summed E-state index contributed by atoms with van der Waals surface area (Å²) >= 11 is 2.11. The highest BCUT2D eigenvalue weighted by Crippen LogP contribution is 2.20. The van der Waals surface area contributed by atoms with Gasteiger partial charge in [0.05, 0.1) is 10.2 Å². The second-order valence-corrected chi connectivity index (χ2v) is 6.71. The number of hydrogen-bond donors (Lipinski definition) is 4. The highest BCUT2D eigenvalue weighted by molar-refractivity contribution is 14.1. The molecule has 0 bridgehead atoms. The van der Waals surface area contributed by atoms with Gasteiger partial charge in [0.2, 0.25) is 5.95 Å². The van der Waals surface area contributed by atoms with E-state index in [0.29, 0.717) is 22.3 Å². The Morgan fingerprint density at radius 1 is 1.50 bits per heavy atom. The van der Waals surface area contributed by atoms with Gasteiger partial charge < -0.3 is 24.7 Å². The van der Waals surface area contributed by atoms with Gasteiger partial charge >= 0.3 is 0 Å². The molecule has 2 rings (SSSR count). The Morgan fingerprint density at radius 2 is 2.27 bits per heavy atom. The van der Waals surface area contributed by atoms with Crippen LogP contribution in [0.25, 0.3) is 0 Å². The van der Waals surface area contributed by atoms with Crippen LogP contribution in [0.15, 0.2) is 35.4 Å². The largest absolute Gasteiger partial charge is 0.440 e. The lowest BCUT2D eigenvalue weighted by atomic mass is 10.3. The van der Waals surface area contributed by atoms with Gasteiger partial charge in [-0.15, -0.1) is 0 Å². The first-order valence-electron chi connectivity index (χ1n) is 6.39. The number of benzene rings is 1. The van der Waals surface area contributed by atoms with Gasteiger partial charge in [-0.3, -0.25) is 0 Å². The Bertz CT molecular complexity index is 730. The molecule has 9 heteroatoms. The van der Waals surface area contributed by atoms with Crippen molar-refractivity contribution in [1.82, 2.24) is 9.97 Å². The Hall–Kier alpha value is -1.46. The maximum absolute atomic E-state index is 11.2. The van der Waals surface area contributed by atoms with Crippen LogP contribution in [0.2, 0.25) is 0 Å². The number of rotatable bonds is 6. The SMILES string of the molecule is CC(CO)Nc1nc(Nc2cccc([S-](=N)=O)c2)ncc1I. The van der Waals surface area contributed by atoms with E-state index in [0.717, 1.165) is 3.57 Å². The summed E-state index contributed by atoms with van der Waals surface area (Å²) in [7, 11) is -1.79. The summed E-state index contributed by atoms with van der Waals surface area (Å²) in [6, 6.07) is 6.61. The lowest BCUT2D eigenvalue weighted by molar-refractivity contribution is 0.281. The molecule has 1 heterocycles. The van der Waals surface area contributed by atoms with Gasteiger partial charge in [0, 0.05) is 17.9 Å². The topological polar surface area (TPSA) is 111 Å². The minimum Gasteiger partial charge on any atom is -0.440 e. The van der Waals surface area contributed by atoms with Crippen LogP contribution in [-0.2, 0) is 14.8 Å². The molecule has 7 nitrogen and oxygen atoms in total. The van der Waals surface area contributed by atoms with Crippen LogP contribution >= 0.6 is 22.6 Å². The molecule has 0 amide bonds. The molecule has 4 N–H and O–H groups in total. The molecular weight excluding hydrogens is 417 g/mol. The molecule has 1 aromatic heterocycles. The van der Waals surface area contributed by atoms with Crippen LogP contribution in [0.4, 0.5) is 17.5 Å². The lowest BCUT2D eigenvalue weighted by Gasteiger charge is -2.14. The minimum atomic E-state index is -1.79. The summed E-state index contributed by atoms with van der Waals surface area (Å²) in [5, 5.41) is 15.2. The number of hydrogen-bond acceptors (Lipinski definition) is 8. The third kappa shape index (κ3) is 4.52. The first-order chi connectivity index (χ1) is 10.5. The van der Waals surface area contributed by atoms with E-state index in [-0.39, 0.29) is 12.6 Å². The zero-order valence-corrected chi connectivity index (χ0v) is 14.7. The maximum Gasteiger partial charge on any atom is 0.229 e. The second-order valence-electron chi connectivity index (χ2n) is 4.54. The average molecular weight is 432 g/mol. The van der Waals surface area contributed by atoms with E-state index in [1.807, 2.05) is 6.92 Å². The molecule has 0 saturated heterocycles. The molecule has 0 aliphatic heterocycles. The van der Waals surface area contributed by atoms with Crippen molar-refractivity contribution in [3.63, 3.8) is 0 Å². The number of aliphatic hydroxyl groups is 1. The van der Waals surface area contributed by atoms with Gasteiger partial charge in [0.1, 0.15) is 5.82 Å². The highest BCUT2D eigenvalue weighted by Gasteiger charge is 2.08. The molecule has 118 valence electrons. The zero-order chi connectivity index (χ0) is 16.1. The van der Waals surface area contributed by atoms with Crippen molar-refractivity contribution in [3.8, 4) is 0 Å². The minimum absolute atomic E-state index is 0.000202. The lowest BCUT2D eigenvalue weighted by Crippen LogP contribution is -2.21. The van der Waals surface area contributed by atoms with Crippen LogP contribution in [0, 0.1) is 8.35 Å². The highest BCUT2D eigenvalue weighted by atomic mass is 127. The fourth-order valence-corrected chi connectivity index (χ4v) is 2.48. The molecular formula is C13H15IN5O2S-. The van der Waals surface area contributed by atoms with E-state index >= 15 is 0 Å². The van der Waals surface area contributed by atoms with Crippen LogP contribution in [0.5, 0.6) is 0 Å². The molecule has 22 heavy (non-hydrogen) atoms. The van der Waals surface area contributed by atoms with E-state index < -0.39 is 10.6 Å². The Kier molecular flexibility index (Phi) is 5.91. The molecule has 0 fully saturated rings. The zero-order valence-electron chi connectivity index (χ0n) is 11.7. The standard InChI is InChI=1S/C13H15IN5O2S/c1-8(7-20)17-12-11(14)6-16-13(19-12)18-9-3-2-4-10(5-9)22(15)21/h2-6,8,15,20H,7H2,1H3,(H2,16,17,18,19)/q-1. The van der Waals surface area contributed by atoms with Crippen molar-refractivity contribution < 1.29 is 9.32 Å². The predicted molar refractivity (Wildman–Crippen MR) is 93.7 cm³/mol. The molecule has 1 unspecified atom stereocenters. The summed E-state index contributed by atoms with van der Waals surface area (Å²) in [4.78, 5) is 8.95. The van der Waals surface area contributed by atoms with Crippen molar-refractivity contribution in [3.05, 3.63) is 34.0 Å². The van der Waals surface area contributed by atoms with Crippen LogP contribution < -0.4 is 10.6 Å². The Labute approximate surface area is 143 Å². The van der Waals surface area contributed by atoms with Crippen molar-refractivity contribution in [2.75, 3.05) is 17.2 Å². The van der Waals surface area contributed by atoms with E-state index in [1.54, 1.807) is 30.5 Å². The molecule has 0 aliphatic rings. The summed E-state index contributed by atoms with van der Waals surface area (Å²) in [5.74, 6) is 1.00. The fourth-order valence-electron chi connectivity index (χ4n) is 1.63. The number of anilines is 3. The first kappa shape index (κ1) is 16.9. The van der Waals surface area contributed by atoms with Gasteiger partial charge in [-0.25, -0.2) is 4.98 Å². The van der Waals surface area contributed by atoms with Crippen LogP contribution in [0.1, 0.15) is 6.92 Å². The van der Waals surface area contributed by atoms with Crippen molar-refractivity contribution in [2.45, 2.75) is 17.9 Å². The average Bonchev–Trinajstić information content (AvgIpc) is 2.50. The molecule has 0 radical (unpaired) electrons. The molecule has 0 saturated carbocycles.